The predicted molar refractivity (Wildman–Crippen MR) is 261 cm³/mol. The highest BCUT2D eigenvalue weighted by atomic mass is 32.2. The highest BCUT2D eigenvalue weighted by molar-refractivity contribution is 8.03. The number of carbonyl (C=O) groups excluding carboxylic acids is 3. The molecule has 66 heavy (non-hydrogen) atoms. The molecule has 0 atom stereocenters. The molecule has 11 rings (SSSR count). The minimum absolute atomic E-state index is 0.0159. The van der Waals surface area contributed by atoms with E-state index in [1.807, 2.05) is 82.3 Å². The number of nitrogens with zero attached hydrogens (tertiary/aromatic N) is 4. The van der Waals surface area contributed by atoms with Crippen LogP contribution < -0.4 is 24.4 Å². The number of esters is 2. The zero-order chi connectivity index (χ0) is 45.1. The minimum atomic E-state index is -0.434. The topological polar surface area (TPSA) is 106 Å². The standard InChI is InChI=1S/C52H38N4O6S4/c1-3-61-49(57)29-53-39-25-31(55-35-13-5-9-17-41(35)63-42-18-10-6-14-36(42)55)21-23-45(39)65-47(53)27-33-51(59)34(52(33)60)28-48-54(30-50(58)62-4-2)40-26-32(22-24-46(40)66-48)56-37-15-7-11-19-43(37)64-44-20-12-8-16-38(44)56/h5-28H,3-4,29-30H2,1-2H3. The normalized spacial score (nSPS) is 15.9. The number of benzene rings is 6. The van der Waals surface area contributed by atoms with Crippen LogP contribution >= 0.6 is 46.6 Å². The largest absolute Gasteiger partial charge is 0.871 e. The van der Waals surface area contributed by atoms with E-state index in [1.54, 1.807) is 49.5 Å². The third-order valence-corrected chi connectivity index (χ3v) is 16.0. The summed E-state index contributed by atoms with van der Waals surface area (Å²) in [5, 5.41) is 15.2. The molecule has 0 amide bonds. The first kappa shape index (κ1) is 42.0. The molecular formula is C52H38N4O6S4. The molecule has 4 aliphatic rings. The third-order valence-electron chi connectivity index (χ3n) is 11.5. The number of para-hydroxylation sites is 4. The number of Topliss-reactive ketones (excluding diaryl/α,β-unsaturated/α-hetero) is 1. The van der Waals surface area contributed by atoms with Gasteiger partial charge in [-0.2, -0.15) is 4.57 Å². The Morgan fingerprint density at radius 1 is 0.621 bits per heavy atom. The van der Waals surface area contributed by atoms with Gasteiger partial charge in [0.05, 0.1) is 52.4 Å². The number of allylic oxidation sites excluding steroid dienone is 3. The molecule has 1 aliphatic carbocycles. The molecule has 3 aliphatic heterocycles. The van der Waals surface area contributed by atoms with Crippen molar-refractivity contribution in [2.75, 3.05) is 34.5 Å². The van der Waals surface area contributed by atoms with E-state index in [2.05, 4.69) is 70.5 Å². The van der Waals surface area contributed by atoms with Crippen LogP contribution in [0.5, 0.6) is 0 Å². The van der Waals surface area contributed by atoms with E-state index in [0.717, 1.165) is 74.5 Å². The summed E-state index contributed by atoms with van der Waals surface area (Å²) in [7, 11) is 0. The van der Waals surface area contributed by atoms with Gasteiger partial charge in [-0.15, -0.1) is 0 Å². The van der Waals surface area contributed by atoms with Gasteiger partial charge in [0.2, 0.25) is 12.1 Å². The minimum Gasteiger partial charge on any atom is -0.871 e. The van der Waals surface area contributed by atoms with E-state index in [4.69, 9.17) is 9.47 Å². The van der Waals surface area contributed by atoms with Crippen molar-refractivity contribution >= 4 is 120 Å². The van der Waals surface area contributed by atoms with Crippen molar-refractivity contribution in [3.63, 3.8) is 0 Å². The van der Waals surface area contributed by atoms with E-state index in [9.17, 15) is 19.5 Å². The second kappa shape index (κ2) is 17.3. The van der Waals surface area contributed by atoms with Gasteiger partial charge >= 0.3 is 11.9 Å². The van der Waals surface area contributed by atoms with Crippen LogP contribution in [0.25, 0.3) is 16.3 Å². The fourth-order valence-corrected chi connectivity index (χ4v) is 12.9. The van der Waals surface area contributed by atoms with Crippen LogP contribution in [0.2, 0.25) is 0 Å². The van der Waals surface area contributed by atoms with Gasteiger partial charge in [0.1, 0.15) is 11.2 Å². The molecule has 0 radical (unpaired) electrons. The van der Waals surface area contributed by atoms with Crippen LogP contribution in [-0.2, 0) is 30.4 Å². The van der Waals surface area contributed by atoms with Crippen molar-refractivity contribution in [1.29, 1.82) is 0 Å². The maximum Gasteiger partial charge on any atom is 0.372 e. The number of thiazole rings is 1. The van der Waals surface area contributed by atoms with Crippen LogP contribution in [0.15, 0.2) is 186 Å². The molecular weight excluding hydrogens is 905 g/mol. The Hall–Kier alpha value is -6.71. The number of hydrogen-bond acceptors (Lipinski definition) is 13. The summed E-state index contributed by atoms with van der Waals surface area (Å²) in [6, 6.07) is 45.3. The number of hydrogen-bond donors (Lipinski definition) is 0. The Labute approximate surface area is 397 Å². The van der Waals surface area contributed by atoms with Crippen molar-refractivity contribution in [3.05, 3.63) is 166 Å². The lowest BCUT2D eigenvalue weighted by molar-refractivity contribution is -0.657. The molecule has 10 nitrogen and oxygen atoms in total. The molecule has 1 aromatic heterocycles. The molecule has 7 aromatic rings. The van der Waals surface area contributed by atoms with Crippen molar-refractivity contribution < 1.29 is 33.5 Å². The maximum atomic E-state index is 14.1. The van der Waals surface area contributed by atoms with Crippen LogP contribution in [0.1, 0.15) is 18.9 Å². The maximum absolute atomic E-state index is 14.1. The first-order valence-electron chi connectivity index (χ1n) is 21.4. The quantitative estimate of drug-likeness (QED) is 0.0740. The smallest absolute Gasteiger partial charge is 0.372 e. The van der Waals surface area contributed by atoms with E-state index in [0.29, 0.717) is 10.0 Å². The lowest BCUT2D eigenvalue weighted by atomic mass is 9.88. The monoisotopic (exact) mass is 942 g/mol. The zero-order valence-electron chi connectivity index (χ0n) is 35.6. The first-order valence-corrected chi connectivity index (χ1v) is 24.6. The number of anilines is 7. The Morgan fingerprint density at radius 2 is 1.14 bits per heavy atom. The summed E-state index contributed by atoms with van der Waals surface area (Å²) in [5.41, 5.74) is 7.52. The molecule has 326 valence electrons. The summed E-state index contributed by atoms with van der Waals surface area (Å²) in [5.74, 6) is -1.70. The SMILES string of the molecule is CCOC(=O)CN1/C(=C/C2=C([O-])C(=C/c3sc4ccc(N5c6ccccc6Sc6ccccc65)cc4[n+]3CC(=O)OCC)/C2=O)Sc2ccc(N3c4ccccc4Sc4ccccc43)cc21. The van der Waals surface area contributed by atoms with Gasteiger partial charge in [-0.1, -0.05) is 101 Å². The Bertz CT molecular complexity index is 3200. The van der Waals surface area contributed by atoms with Gasteiger partial charge in [-0.25, -0.2) is 4.79 Å². The summed E-state index contributed by atoms with van der Waals surface area (Å²) in [6.07, 6.45) is 3.17. The average Bonchev–Trinajstić information content (AvgIpc) is 3.85. The lowest BCUT2D eigenvalue weighted by Crippen LogP contribution is -2.40. The van der Waals surface area contributed by atoms with E-state index < -0.39 is 23.5 Å². The fourth-order valence-electron chi connectivity index (χ4n) is 8.58. The summed E-state index contributed by atoms with van der Waals surface area (Å²) in [6.45, 7) is 3.71. The van der Waals surface area contributed by atoms with Gasteiger partial charge in [0.25, 0.3) is 5.01 Å². The summed E-state index contributed by atoms with van der Waals surface area (Å²) in [4.78, 5) is 52.1. The van der Waals surface area contributed by atoms with Crippen LogP contribution in [0.4, 0.5) is 39.8 Å². The Balaban J connectivity index is 0.959. The predicted octanol–water partition coefficient (Wildman–Crippen LogP) is 11.2. The Kier molecular flexibility index (Phi) is 11.0. The lowest BCUT2D eigenvalue weighted by Gasteiger charge is -2.33. The molecule has 4 heterocycles. The van der Waals surface area contributed by atoms with Gasteiger partial charge in [0.15, 0.2) is 5.78 Å². The number of fused-ring (bicyclic) bond motifs is 6. The van der Waals surface area contributed by atoms with Crippen molar-refractivity contribution in [2.45, 2.75) is 44.9 Å². The number of thioether (sulfide) groups is 1. The first-order chi connectivity index (χ1) is 32.3. The van der Waals surface area contributed by atoms with Gasteiger partial charge in [-0.05, 0) is 98.8 Å². The van der Waals surface area contributed by atoms with E-state index in [1.165, 1.54) is 23.1 Å². The molecule has 0 spiro atoms. The van der Waals surface area contributed by atoms with E-state index in [-0.39, 0.29) is 37.4 Å². The third kappa shape index (κ3) is 7.34. The number of ketones is 1. The number of carbonyl (C=O) groups is 3. The Morgan fingerprint density at radius 3 is 1.70 bits per heavy atom. The van der Waals surface area contributed by atoms with E-state index >= 15 is 0 Å². The number of rotatable bonds is 10. The van der Waals surface area contributed by atoms with Crippen molar-refractivity contribution in [2.24, 2.45) is 0 Å². The van der Waals surface area contributed by atoms with Crippen LogP contribution in [0, 0.1) is 0 Å². The highest BCUT2D eigenvalue weighted by Crippen LogP contribution is 2.55. The molecule has 0 unspecified atom stereocenters. The second-order valence-corrected chi connectivity index (χ2v) is 19.8. The second-order valence-electron chi connectivity index (χ2n) is 15.5. The average molecular weight is 943 g/mol. The number of ether oxygens (including phenoxy) is 2. The van der Waals surface area contributed by atoms with Gasteiger partial charge in [-0.3, -0.25) is 9.59 Å². The molecule has 0 bridgehead atoms. The van der Waals surface area contributed by atoms with Gasteiger partial charge in [0, 0.05) is 53.5 Å². The van der Waals surface area contributed by atoms with Gasteiger partial charge < -0.3 is 29.3 Å². The molecule has 14 heteroatoms. The zero-order valence-corrected chi connectivity index (χ0v) is 38.8. The molecule has 0 saturated heterocycles. The molecule has 0 N–H and O–H groups in total. The van der Waals surface area contributed by atoms with Crippen LogP contribution in [-0.4, -0.2) is 37.5 Å². The highest BCUT2D eigenvalue weighted by Gasteiger charge is 2.35. The molecule has 0 saturated carbocycles. The summed E-state index contributed by atoms with van der Waals surface area (Å²) >= 11 is 6.23. The molecule has 0 fully saturated rings. The fraction of sp³-hybridized carbons (Fsp3) is 0.115. The van der Waals surface area contributed by atoms with Crippen molar-refractivity contribution in [3.8, 4) is 0 Å². The van der Waals surface area contributed by atoms with Crippen molar-refractivity contribution in [1.82, 2.24) is 0 Å². The number of aromatic nitrogens is 1. The summed E-state index contributed by atoms with van der Waals surface area (Å²) < 4.78 is 13.5. The van der Waals surface area contributed by atoms with Crippen LogP contribution in [0.3, 0.4) is 0 Å². The molecule has 6 aromatic carbocycles.